The van der Waals surface area contributed by atoms with Crippen LogP contribution in [0.1, 0.15) is 19.3 Å². The summed E-state index contributed by atoms with van der Waals surface area (Å²) in [6.45, 7) is 1.22. The first-order chi connectivity index (χ1) is 6.68. The van der Waals surface area contributed by atoms with Crippen molar-refractivity contribution in [3.63, 3.8) is 0 Å². The average molecular weight is 195 g/mol. The summed E-state index contributed by atoms with van der Waals surface area (Å²) in [7, 11) is 0. The maximum absolute atomic E-state index is 11.9. The van der Waals surface area contributed by atoms with Crippen molar-refractivity contribution in [3.8, 4) is 0 Å². The molecule has 0 aromatic heterocycles. The van der Waals surface area contributed by atoms with Gasteiger partial charge in [0.25, 0.3) is 0 Å². The highest BCUT2D eigenvalue weighted by Gasteiger charge is 2.31. The average Bonchev–Trinajstić information content (AvgIpc) is 2.76. The van der Waals surface area contributed by atoms with Gasteiger partial charge >= 0.3 is 0 Å². The molecule has 0 spiro atoms. The normalized spacial score (nSPS) is 32.1. The Kier molecular flexibility index (Phi) is 2.56. The molecule has 0 aromatic carbocycles. The molecule has 4 nitrogen and oxygen atoms in total. The summed E-state index contributed by atoms with van der Waals surface area (Å²) in [6.07, 6.45) is 5.09. The summed E-state index contributed by atoms with van der Waals surface area (Å²) in [6, 6.07) is -0.109. The molecule has 1 saturated heterocycles. The largest absolute Gasteiger partial charge is 0.336 e. The summed E-state index contributed by atoms with van der Waals surface area (Å²) >= 11 is 0. The number of allylic oxidation sites excluding steroid dienone is 1. The van der Waals surface area contributed by atoms with Gasteiger partial charge in [0.1, 0.15) is 0 Å². The van der Waals surface area contributed by atoms with Crippen LogP contribution in [0.4, 0.5) is 0 Å². The monoisotopic (exact) mass is 195 g/mol. The Morgan fingerprint density at radius 1 is 1.36 bits per heavy atom. The molecule has 2 aliphatic rings. The van der Waals surface area contributed by atoms with Crippen LogP contribution in [0, 0.1) is 0 Å². The number of nitrogens with zero attached hydrogens (tertiary/aromatic N) is 1. The molecule has 78 valence electrons. The van der Waals surface area contributed by atoms with Gasteiger partial charge in [0.2, 0.25) is 5.91 Å². The number of rotatable bonds is 1. The van der Waals surface area contributed by atoms with Gasteiger partial charge in [-0.05, 0) is 19.3 Å². The molecule has 0 bridgehead atoms. The number of likely N-dealkylation sites (tertiary alicyclic amines) is 1. The second-order valence-corrected chi connectivity index (χ2v) is 4.16. The molecule has 4 N–H and O–H groups in total. The van der Waals surface area contributed by atoms with Gasteiger partial charge in [0.05, 0.1) is 0 Å². The second-order valence-electron chi connectivity index (χ2n) is 4.16. The molecule has 2 atom stereocenters. The van der Waals surface area contributed by atoms with Crippen LogP contribution in [-0.4, -0.2) is 36.0 Å². The van der Waals surface area contributed by atoms with Gasteiger partial charge in [0, 0.05) is 30.7 Å². The Bertz CT molecular complexity index is 265. The highest BCUT2D eigenvalue weighted by Crippen LogP contribution is 2.21. The quantitative estimate of drug-likeness (QED) is 0.597. The molecule has 0 saturated carbocycles. The van der Waals surface area contributed by atoms with Crippen LogP contribution in [-0.2, 0) is 4.79 Å². The van der Waals surface area contributed by atoms with E-state index >= 15 is 0 Å². The molecule has 4 heteroatoms. The van der Waals surface area contributed by atoms with Crippen molar-refractivity contribution in [2.75, 3.05) is 13.1 Å². The van der Waals surface area contributed by atoms with Crippen molar-refractivity contribution in [3.05, 3.63) is 11.6 Å². The molecule has 0 radical (unpaired) electrons. The van der Waals surface area contributed by atoms with Crippen LogP contribution < -0.4 is 11.5 Å². The third-order valence-corrected chi connectivity index (χ3v) is 3.02. The Morgan fingerprint density at radius 3 is 2.50 bits per heavy atom. The van der Waals surface area contributed by atoms with Crippen molar-refractivity contribution in [1.29, 1.82) is 0 Å². The van der Waals surface area contributed by atoms with Crippen LogP contribution in [0.2, 0.25) is 0 Å². The summed E-state index contributed by atoms with van der Waals surface area (Å²) in [4.78, 5) is 13.7. The van der Waals surface area contributed by atoms with Gasteiger partial charge in [-0.3, -0.25) is 4.79 Å². The van der Waals surface area contributed by atoms with Gasteiger partial charge < -0.3 is 16.4 Å². The van der Waals surface area contributed by atoms with Crippen LogP contribution in [0.25, 0.3) is 0 Å². The molecule has 2 rings (SSSR count). The van der Waals surface area contributed by atoms with Gasteiger partial charge in [-0.25, -0.2) is 0 Å². The lowest BCUT2D eigenvalue weighted by Gasteiger charge is -2.16. The zero-order chi connectivity index (χ0) is 10.1. The van der Waals surface area contributed by atoms with Crippen LogP contribution >= 0.6 is 0 Å². The smallest absolute Gasteiger partial charge is 0.249 e. The lowest BCUT2D eigenvalue weighted by molar-refractivity contribution is -0.126. The van der Waals surface area contributed by atoms with Gasteiger partial charge in [-0.15, -0.1) is 0 Å². The van der Waals surface area contributed by atoms with E-state index in [4.69, 9.17) is 11.5 Å². The van der Waals surface area contributed by atoms with E-state index in [1.165, 1.54) is 0 Å². The lowest BCUT2D eigenvalue weighted by Crippen LogP contribution is -2.39. The SMILES string of the molecule is NC1CN(C(=O)C2=CCCC2)CC1N. The van der Waals surface area contributed by atoms with E-state index < -0.39 is 0 Å². The van der Waals surface area contributed by atoms with Crippen molar-refractivity contribution >= 4 is 5.91 Å². The van der Waals surface area contributed by atoms with Crippen molar-refractivity contribution in [1.82, 2.24) is 4.90 Å². The minimum absolute atomic E-state index is 0.0547. The molecule has 1 amide bonds. The molecule has 1 aliphatic heterocycles. The molecule has 1 fully saturated rings. The number of hydrogen-bond acceptors (Lipinski definition) is 3. The maximum Gasteiger partial charge on any atom is 0.249 e. The first-order valence-corrected chi connectivity index (χ1v) is 5.18. The third-order valence-electron chi connectivity index (χ3n) is 3.02. The van der Waals surface area contributed by atoms with Gasteiger partial charge in [-0.1, -0.05) is 6.08 Å². The number of nitrogens with two attached hydrogens (primary N) is 2. The predicted octanol–water partition coefficient (Wildman–Crippen LogP) is -0.406. The Hall–Kier alpha value is -0.870. The molecular weight excluding hydrogens is 178 g/mol. The number of amides is 1. The minimum Gasteiger partial charge on any atom is -0.336 e. The van der Waals surface area contributed by atoms with E-state index in [0.717, 1.165) is 24.8 Å². The first-order valence-electron chi connectivity index (χ1n) is 5.18. The second kappa shape index (κ2) is 3.71. The van der Waals surface area contributed by atoms with Gasteiger partial charge in [0.15, 0.2) is 0 Å². The standard InChI is InChI=1S/C10H17N3O/c11-8-5-13(6-9(8)12)10(14)7-3-1-2-4-7/h3,8-9H,1-2,4-6,11-12H2. The summed E-state index contributed by atoms with van der Waals surface area (Å²) in [5.74, 6) is 0.144. The Morgan fingerprint density at radius 2 is 2.00 bits per heavy atom. The highest BCUT2D eigenvalue weighted by atomic mass is 16.2. The van der Waals surface area contributed by atoms with Crippen LogP contribution in [0.15, 0.2) is 11.6 Å². The third kappa shape index (κ3) is 1.67. The maximum atomic E-state index is 11.9. The van der Waals surface area contributed by atoms with Crippen molar-refractivity contribution < 1.29 is 4.79 Å². The van der Waals surface area contributed by atoms with Crippen LogP contribution in [0.3, 0.4) is 0 Å². The number of hydrogen-bond donors (Lipinski definition) is 2. The van der Waals surface area contributed by atoms with E-state index in [2.05, 4.69) is 0 Å². The van der Waals surface area contributed by atoms with E-state index in [0.29, 0.717) is 13.1 Å². The van der Waals surface area contributed by atoms with Gasteiger partial charge in [-0.2, -0.15) is 0 Å². The lowest BCUT2D eigenvalue weighted by atomic mass is 10.2. The minimum atomic E-state index is -0.0547. The molecule has 0 aromatic rings. The van der Waals surface area contributed by atoms with E-state index in [-0.39, 0.29) is 18.0 Å². The number of carbonyl (C=O) groups is 1. The predicted molar refractivity (Wildman–Crippen MR) is 54.5 cm³/mol. The first kappa shape index (κ1) is 9.68. The van der Waals surface area contributed by atoms with E-state index in [1.807, 2.05) is 6.08 Å². The van der Waals surface area contributed by atoms with E-state index in [9.17, 15) is 4.79 Å². The number of carbonyl (C=O) groups excluding carboxylic acids is 1. The molecule has 1 aliphatic carbocycles. The fourth-order valence-electron chi connectivity index (χ4n) is 2.09. The summed E-state index contributed by atoms with van der Waals surface area (Å²) in [5, 5.41) is 0. The zero-order valence-electron chi connectivity index (χ0n) is 8.28. The summed E-state index contributed by atoms with van der Waals surface area (Å²) in [5.41, 5.74) is 12.5. The van der Waals surface area contributed by atoms with Crippen LogP contribution in [0.5, 0.6) is 0 Å². The molecule has 2 unspecified atom stereocenters. The van der Waals surface area contributed by atoms with Crippen molar-refractivity contribution in [2.45, 2.75) is 31.3 Å². The molecule has 1 heterocycles. The topological polar surface area (TPSA) is 72.3 Å². The van der Waals surface area contributed by atoms with E-state index in [1.54, 1.807) is 4.90 Å². The zero-order valence-corrected chi connectivity index (χ0v) is 8.28. The fraction of sp³-hybridized carbons (Fsp3) is 0.700. The van der Waals surface area contributed by atoms with Crippen molar-refractivity contribution in [2.24, 2.45) is 11.5 Å². The highest BCUT2D eigenvalue weighted by molar-refractivity contribution is 5.94. The molecular formula is C10H17N3O. The fourth-order valence-corrected chi connectivity index (χ4v) is 2.09. The Balaban J connectivity index is 1.99. The summed E-state index contributed by atoms with van der Waals surface area (Å²) < 4.78 is 0. The molecule has 14 heavy (non-hydrogen) atoms. The Labute approximate surface area is 83.9 Å².